The summed E-state index contributed by atoms with van der Waals surface area (Å²) in [6, 6.07) is 16.7. The van der Waals surface area contributed by atoms with Crippen molar-refractivity contribution in [1.82, 2.24) is 10.2 Å². The molecule has 0 saturated heterocycles. The number of carbonyl (C=O) groups excluding carboxylic acids is 3. The van der Waals surface area contributed by atoms with Gasteiger partial charge in [0.05, 0.1) is 13.1 Å². The molecule has 33 heavy (non-hydrogen) atoms. The number of hydrogen-bond donors (Lipinski definition) is 2. The minimum Gasteiger partial charge on any atom is -0.487 e. The first kappa shape index (κ1) is 22.8. The van der Waals surface area contributed by atoms with Crippen molar-refractivity contribution in [3.05, 3.63) is 65.7 Å². The van der Waals surface area contributed by atoms with E-state index in [0.29, 0.717) is 12.8 Å². The molecule has 4 rings (SSSR count). The van der Waals surface area contributed by atoms with E-state index in [-0.39, 0.29) is 25.6 Å². The van der Waals surface area contributed by atoms with Gasteiger partial charge in [-0.25, -0.2) is 9.69 Å². The summed E-state index contributed by atoms with van der Waals surface area (Å²) in [4.78, 5) is 39.0. The van der Waals surface area contributed by atoms with Crippen molar-refractivity contribution >= 4 is 17.9 Å². The predicted molar refractivity (Wildman–Crippen MR) is 121 cm³/mol. The maximum Gasteiger partial charge on any atom is 0.417 e. The minimum atomic E-state index is -0.729. The maximum atomic E-state index is 13.1. The standard InChI is InChI=1S/C25H29N3O5/c1-25-12-18(20-9-5-6-10-21(20)33-25)11-19(13-25)28(23(30)15-27-22(29)14-26)24(31)32-16-17-7-3-2-4-8-17/h2-10,18-19H,11-16,26H2,1H3,(H,27,29)/t18?,19-,25?/m1/s1. The monoisotopic (exact) mass is 451 g/mol. The van der Waals surface area contributed by atoms with E-state index in [0.717, 1.165) is 28.2 Å². The van der Waals surface area contributed by atoms with Gasteiger partial charge < -0.3 is 20.5 Å². The highest BCUT2D eigenvalue weighted by Crippen LogP contribution is 2.49. The SMILES string of the molecule is CC12CC(C[C@@H](N(C(=O)CNC(=O)CN)C(=O)OCc3ccccc3)C1)c1ccccc1O2. The zero-order chi connectivity index (χ0) is 23.4. The number of benzene rings is 2. The molecule has 1 aliphatic carbocycles. The Labute approximate surface area is 193 Å². The first-order chi connectivity index (χ1) is 15.9. The Hall–Kier alpha value is -3.39. The molecule has 0 spiro atoms. The lowest BCUT2D eigenvalue weighted by molar-refractivity contribution is -0.135. The lowest BCUT2D eigenvalue weighted by atomic mass is 9.71. The van der Waals surface area contributed by atoms with Gasteiger partial charge in [0, 0.05) is 12.5 Å². The van der Waals surface area contributed by atoms with Crippen LogP contribution >= 0.6 is 0 Å². The molecule has 8 heteroatoms. The first-order valence-electron chi connectivity index (χ1n) is 11.2. The summed E-state index contributed by atoms with van der Waals surface area (Å²) >= 11 is 0. The lowest BCUT2D eigenvalue weighted by Gasteiger charge is -2.48. The van der Waals surface area contributed by atoms with Crippen molar-refractivity contribution in [1.29, 1.82) is 0 Å². The summed E-state index contributed by atoms with van der Waals surface area (Å²) in [5, 5.41) is 2.46. The summed E-state index contributed by atoms with van der Waals surface area (Å²) in [7, 11) is 0. The molecule has 1 fully saturated rings. The zero-order valence-corrected chi connectivity index (χ0v) is 18.7. The third kappa shape index (κ3) is 5.17. The Bertz CT molecular complexity index is 1030. The molecule has 1 aliphatic heterocycles. The fourth-order valence-electron chi connectivity index (χ4n) is 4.87. The van der Waals surface area contributed by atoms with Crippen LogP contribution in [0.3, 0.4) is 0 Å². The van der Waals surface area contributed by atoms with Crippen molar-refractivity contribution in [2.45, 2.75) is 50.4 Å². The van der Waals surface area contributed by atoms with E-state index < -0.39 is 29.6 Å². The number of nitrogens with zero attached hydrogens (tertiary/aromatic N) is 1. The molecular weight excluding hydrogens is 422 g/mol. The van der Waals surface area contributed by atoms with Gasteiger partial charge in [-0.1, -0.05) is 48.5 Å². The molecule has 3 atom stereocenters. The topological polar surface area (TPSA) is 111 Å². The summed E-state index contributed by atoms with van der Waals surface area (Å²) in [6.07, 6.45) is 1.17. The molecule has 0 radical (unpaired) electrons. The molecular formula is C25H29N3O5. The number of para-hydroxylation sites is 1. The van der Waals surface area contributed by atoms with Crippen LogP contribution < -0.4 is 15.8 Å². The molecule has 1 heterocycles. The highest BCUT2D eigenvalue weighted by Gasteiger charge is 2.48. The number of fused-ring (bicyclic) bond motifs is 4. The molecule has 3 N–H and O–H groups in total. The Morgan fingerprint density at radius 1 is 1.12 bits per heavy atom. The van der Waals surface area contributed by atoms with Gasteiger partial charge in [-0.3, -0.25) is 9.59 Å². The van der Waals surface area contributed by atoms with Crippen LogP contribution in [0.2, 0.25) is 0 Å². The van der Waals surface area contributed by atoms with Crippen LogP contribution in [0.1, 0.15) is 43.2 Å². The van der Waals surface area contributed by atoms with Crippen LogP contribution in [0.25, 0.3) is 0 Å². The van der Waals surface area contributed by atoms with Crippen molar-refractivity contribution in [3.8, 4) is 5.75 Å². The van der Waals surface area contributed by atoms with Crippen LogP contribution in [0.4, 0.5) is 4.79 Å². The largest absolute Gasteiger partial charge is 0.487 e. The second kappa shape index (κ2) is 9.62. The molecule has 2 bridgehead atoms. The van der Waals surface area contributed by atoms with Gasteiger partial charge in [0.25, 0.3) is 5.91 Å². The van der Waals surface area contributed by atoms with Gasteiger partial charge >= 0.3 is 6.09 Å². The lowest BCUT2D eigenvalue weighted by Crippen LogP contribution is -2.56. The first-order valence-corrected chi connectivity index (χ1v) is 11.2. The zero-order valence-electron chi connectivity index (χ0n) is 18.7. The number of nitrogens with one attached hydrogen (secondary N) is 1. The van der Waals surface area contributed by atoms with E-state index >= 15 is 0 Å². The van der Waals surface area contributed by atoms with E-state index in [1.807, 2.05) is 61.5 Å². The average Bonchev–Trinajstić information content (AvgIpc) is 2.81. The van der Waals surface area contributed by atoms with Crippen molar-refractivity contribution in [3.63, 3.8) is 0 Å². The molecule has 2 unspecified atom stereocenters. The highest BCUT2D eigenvalue weighted by molar-refractivity contribution is 5.95. The van der Waals surface area contributed by atoms with E-state index in [2.05, 4.69) is 5.32 Å². The number of ether oxygens (including phenoxy) is 2. The Kier molecular flexibility index (Phi) is 6.65. The van der Waals surface area contributed by atoms with Crippen molar-refractivity contribution < 1.29 is 23.9 Å². The smallest absolute Gasteiger partial charge is 0.417 e. The summed E-state index contributed by atoms with van der Waals surface area (Å²) < 4.78 is 11.8. The Balaban J connectivity index is 1.55. The average molecular weight is 452 g/mol. The second-order valence-corrected chi connectivity index (χ2v) is 8.87. The summed E-state index contributed by atoms with van der Waals surface area (Å²) in [5.74, 6) is 0.00593. The van der Waals surface area contributed by atoms with Crippen LogP contribution in [0.15, 0.2) is 54.6 Å². The van der Waals surface area contributed by atoms with Gasteiger partial charge in [0.2, 0.25) is 5.91 Å². The molecule has 0 aromatic heterocycles. The number of carbonyl (C=O) groups is 3. The van der Waals surface area contributed by atoms with Gasteiger partial charge in [-0.15, -0.1) is 0 Å². The van der Waals surface area contributed by atoms with Crippen LogP contribution in [0.5, 0.6) is 5.75 Å². The van der Waals surface area contributed by atoms with Crippen LogP contribution in [-0.2, 0) is 20.9 Å². The fraction of sp³-hybridized carbons (Fsp3) is 0.400. The second-order valence-electron chi connectivity index (χ2n) is 8.87. The third-order valence-corrected chi connectivity index (χ3v) is 6.28. The Morgan fingerprint density at radius 3 is 2.61 bits per heavy atom. The van der Waals surface area contributed by atoms with Gasteiger partial charge in [-0.2, -0.15) is 0 Å². The molecule has 174 valence electrons. The number of amides is 3. The minimum absolute atomic E-state index is 0.0470. The molecule has 1 saturated carbocycles. The number of nitrogens with two attached hydrogens (primary N) is 1. The van der Waals surface area contributed by atoms with Gasteiger partial charge in [0.15, 0.2) is 0 Å². The third-order valence-electron chi connectivity index (χ3n) is 6.28. The number of hydrogen-bond acceptors (Lipinski definition) is 6. The van der Waals surface area contributed by atoms with E-state index in [4.69, 9.17) is 15.2 Å². The quantitative estimate of drug-likeness (QED) is 0.699. The number of rotatable bonds is 6. The molecule has 3 amide bonds. The number of imide groups is 1. The fourth-order valence-corrected chi connectivity index (χ4v) is 4.87. The normalized spacial score (nSPS) is 23.0. The molecule has 8 nitrogen and oxygen atoms in total. The highest BCUT2D eigenvalue weighted by atomic mass is 16.6. The van der Waals surface area contributed by atoms with Crippen LogP contribution in [0, 0.1) is 0 Å². The Morgan fingerprint density at radius 2 is 1.85 bits per heavy atom. The van der Waals surface area contributed by atoms with E-state index in [9.17, 15) is 14.4 Å². The van der Waals surface area contributed by atoms with Gasteiger partial charge in [0.1, 0.15) is 18.0 Å². The van der Waals surface area contributed by atoms with Crippen molar-refractivity contribution in [2.24, 2.45) is 5.73 Å². The van der Waals surface area contributed by atoms with Gasteiger partial charge in [-0.05, 0) is 42.9 Å². The molecule has 2 aromatic rings. The van der Waals surface area contributed by atoms with Crippen LogP contribution in [-0.4, -0.2) is 47.5 Å². The summed E-state index contributed by atoms with van der Waals surface area (Å²) in [5.41, 5.74) is 6.72. The van der Waals surface area contributed by atoms with E-state index in [1.165, 1.54) is 0 Å². The molecule has 2 aliphatic rings. The van der Waals surface area contributed by atoms with E-state index in [1.54, 1.807) is 0 Å². The predicted octanol–water partition coefficient (Wildman–Crippen LogP) is 2.71. The van der Waals surface area contributed by atoms with Crippen molar-refractivity contribution in [2.75, 3.05) is 13.1 Å². The molecule has 2 aromatic carbocycles. The summed E-state index contributed by atoms with van der Waals surface area (Å²) in [6.45, 7) is 1.49. The maximum absolute atomic E-state index is 13.1.